The maximum Gasteiger partial charge on any atom is 0.317 e. The van der Waals surface area contributed by atoms with Gasteiger partial charge in [-0.05, 0) is 25.8 Å². The summed E-state index contributed by atoms with van der Waals surface area (Å²) < 4.78 is 0. The molecule has 1 N–H and O–H groups in total. The molecule has 6 nitrogen and oxygen atoms in total. The molecular formula is C18H25N3O3. The van der Waals surface area contributed by atoms with Crippen LogP contribution in [0.25, 0.3) is 0 Å². The molecule has 0 aliphatic carbocycles. The quantitative estimate of drug-likeness (QED) is 0.615. The number of amides is 4. The number of hydrogen-bond donors (Lipinski definition) is 1. The molecule has 4 amide bonds. The molecule has 0 atom stereocenters. The minimum Gasteiger partial charge on any atom is -0.338 e. The van der Waals surface area contributed by atoms with Gasteiger partial charge in [0.15, 0.2) is 0 Å². The Bertz CT molecular complexity index is 570. The van der Waals surface area contributed by atoms with Gasteiger partial charge < -0.3 is 10.2 Å². The molecule has 130 valence electrons. The molecule has 1 aliphatic rings. The van der Waals surface area contributed by atoms with Gasteiger partial charge in [-0.25, -0.2) is 4.79 Å². The molecule has 1 aliphatic heterocycles. The highest BCUT2D eigenvalue weighted by atomic mass is 16.2. The summed E-state index contributed by atoms with van der Waals surface area (Å²) in [6, 6.07) is 9.79. The molecular weight excluding hydrogens is 306 g/mol. The van der Waals surface area contributed by atoms with Crippen LogP contribution in [0.5, 0.6) is 0 Å². The minimum absolute atomic E-state index is 0.0759. The summed E-state index contributed by atoms with van der Waals surface area (Å²) in [6.45, 7) is 5.31. The number of carbonyl (C=O) groups is 3. The number of hydrogen-bond acceptors (Lipinski definition) is 3. The van der Waals surface area contributed by atoms with Crippen molar-refractivity contribution >= 4 is 17.8 Å². The summed E-state index contributed by atoms with van der Waals surface area (Å²) in [4.78, 5) is 38.5. The van der Waals surface area contributed by atoms with Crippen LogP contribution in [0.15, 0.2) is 30.3 Å². The number of urea groups is 1. The molecule has 1 heterocycles. The topological polar surface area (TPSA) is 69.7 Å². The predicted molar refractivity (Wildman–Crippen MR) is 91.1 cm³/mol. The van der Waals surface area contributed by atoms with Gasteiger partial charge in [0.2, 0.25) is 11.8 Å². The zero-order valence-corrected chi connectivity index (χ0v) is 14.3. The van der Waals surface area contributed by atoms with Crippen LogP contribution in [-0.2, 0) is 16.1 Å². The smallest absolute Gasteiger partial charge is 0.317 e. The normalized spacial score (nSPS) is 14.4. The van der Waals surface area contributed by atoms with Gasteiger partial charge in [0.25, 0.3) is 0 Å². The molecule has 24 heavy (non-hydrogen) atoms. The highest BCUT2D eigenvalue weighted by Crippen LogP contribution is 2.12. The van der Waals surface area contributed by atoms with E-state index in [4.69, 9.17) is 0 Å². The van der Waals surface area contributed by atoms with E-state index in [1.807, 2.05) is 44.2 Å². The predicted octanol–water partition coefficient (Wildman–Crippen LogP) is 2.15. The highest BCUT2D eigenvalue weighted by Gasteiger charge is 2.28. The van der Waals surface area contributed by atoms with Gasteiger partial charge >= 0.3 is 6.03 Å². The first-order chi connectivity index (χ1) is 11.5. The van der Waals surface area contributed by atoms with Gasteiger partial charge in [-0.2, -0.15) is 0 Å². The van der Waals surface area contributed by atoms with Gasteiger partial charge in [0.05, 0.1) is 0 Å². The van der Waals surface area contributed by atoms with Crippen LogP contribution >= 0.6 is 0 Å². The standard InChI is InChI=1S/C18H25N3O3/c1-14(2)21(13-15-7-4-3-5-8-15)18(24)19-11-6-12-20-16(22)9-10-17(20)23/h3-5,7-8,14H,6,9-13H2,1-2H3,(H,19,24). The third-order valence-electron chi connectivity index (χ3n) is 4.07. The maximum atomic E-state index is 12.4. The van der Waals surface area contributed by atoms with Gasteiger partial charge in [0.1, 0.15) is 0 Å². The van der Waals surface area contributed by atoms with Gasteiger partial charge in [-0.1, -0.05) is 30.3 Å². The summed E-state index contributed by atoms with van der Waals surface area (Å²) in [7, 11) is 0. The lowest BCUT2D eigenvalue weighted by Crippen LogP contribution is -2.44. The van der Waals surface area contributed by atoms with Crippen LogP contribution in [-0.4, -0.2) is 46.8 Å². The Hall–Kier alpha value is -2.37. The van der Waals surface area contributed by atoms with E-state index in [-0.39, 0.29) is 23.9 Å². The molecule has 0 radical (unpaired) electrons. The Morgan fingerprint density at radius 1 is 1.17 bits per heavy atom. The van der Waals surface area contributed by atoms with Crippen molar-refractivity contribution < 1.29 is 14.4 Å². The number of carbonyl (C=O) groups excluding carboxylic acids is 3. The number of nitrogens with zero attached hydrogens (tertiary/aromatic N) is 2. The Morgan fingerprint density at radius 2 is 1.79 bits per heavy atom. The number of benzene rings is 1. The Balaban J connectivity index is 1.78. The van der Waals surface area contributed by atoms with Crippen LogP contribution in [0.4, 0.5) is 4.79 Å². The second kappa shape index (κ2) is 8.47. The molecule has 0 unspecified atom stereocenters. The Morgan fingerprint density at radius 3 is 2.38 bits per heavy atom. The maximum absolute atomic E-state index is 12.4. The summed E-state index contributed by atoms with van der Waals surface area (Å²) in [5, 5.41) is 2.88. The number of likely N-dealkylation sites (tertiary alicyclic amines) is 1. The van der Waals surface area contributed by atoms with Crippen molar-refractivity contribution in [2.45, 2.75) is 45.7 Å². The molecule has 1 aromatic carbocycles. The van der Waals surface area contributed by atoms with E-state index < -0.39 is 0 Å². The second-order valence-electron chi connectivity index (χ2n) is 6.23. The minimum atomic E-state index is -0.132. The zero-order valence-electron chi connectivity index (χ0n) is 14.3. The fourth-order valence-electron chi connectivity index (χ4n) is 2.68. The van der Waals surface area contributed by atoms with E-state index in [2.05, 4.69) is 5.32 Å². The molecule has 0 saturated carbocycles. The summed E-state index contributed by atoms with van der Waals surface area (Å²) >= 11 is 0. The zero-order chi connectivity index (χ0) is 17.5. The van der Waals surface area contributed by atoms with E-state index in [0.717, 1.165) is 5.56 Å². The average Bonchev–Trinajstić information content (AvgIpc) is 2.88. The van der Waals surface area contributed by atoms with Crippen molar-refractivity contribution in [3.05, 3.63) is 35.9 Å². The lowest BCUT2D eigenvalue weighted by molar-refractivity contribution is -0.138. The van der Waals surface area contributed by atoms with Crippen molar-refractivity contribution in [2.75, 3.05) is 13.1 Å². The van der Waals surface area contributed by atoms with Crippen molar-refractivity contribution in [3.8, 4) is 0 Å². The van der Waals surface area contributed by atoms with Crippen molar-refractivity contribution in [1.82, 2.24) is 15.1 Å². The summed E-state index contributed by atoms with van der Waals surface area (Å²) in [5.41, 5.74) is 1.08. The first-order valence-corrected chi connectivity index (χ1v) is 8.40. The molecule has 0 spiro atoms. The Kier molecular flexibility index (Phi) is 6.35. The van der Waals surface area contributed by atoms with Crippen molar-refractivity contribution in [1.29, 1.82) is 0 Å². The van der Waals surface area contributed by atoms with Crippen LogP contribution < -0.4 is 5.32 Å². The average molecular weight is 331 g/mol. The van der Waals surface area contributed by atoms with Crippen molar-refractivity contribution in [2.24, 2.45) is 0 Å². The molecule has 0 aromatic heterocycles. The van der Waals surface area contributed by atoms with Crippen molar-refractivity contribution in [3.63, 3.8) is 0 Å². The fourth-order valence-corrected chi connectivity index (χ4v) is 2.68. The van der Waals surface area contributed by atoms with E-state index >= 15 is 0 Å². The first kappa shape index (κ1) is 18.0. The monoisotopic (exact) mass is 331 g/mol. The van der Waals surface area contributed by atoms with E-state index in [1.165, 1.54) is 4.90 Å². The third kappa shape index (κ3) is 4.81. The van der Waals surface area contributed by atoms with Crippen LogP contribution in [0, 0.1) is 0 Å². The number of imide groups is 1. The fraction of sp³-hybridized carbons (Fsp3) is 0.500. The SMILES string of the molecule is CC(C)N(Cc1ccccc1)C(=O)NCCCN1C(=O)CCC1=O. The second-order valence-corrected chi connectivity index (χ2v) is 6.23. The van der Waals surface area contributed by atoms with Gasteiger partial charge in [-0.3, -0.25) is 14.5 Å². The van der Waals surface area contributed by atoms with Crippen LogP contribution in [0.3, 0.4) is 0 Å². The molecule has 6 heteroatoms. The van der Waals surface area contributed by atoms with Gasteiger partial charge in [-0.15, -0.1) is 0 Å². The molecule has 1 saturated heterocycles. The lowest BCUT2D eigenvalue weighted by Gasteiger charge is -2.27. The van der Waals surface area contributed by atoms with E-state index in [1.54, 1.807) is 4.90 Å². The van der Waals surface area contributed by atoms with Gasteiger partial charge in [0, 0.05) is 38.5 Å². The summed E-state index contributed by atoms with van der Waals surface area (Å²) in [5.74, 6) is -0.224. The number of nitrogens with one attached hydrogen (secondary N) is 1. The summed E-state index contributed by atoms with van der Waals surface area (Å²) in [6.07, 6.45) is 1.19. The van der Waals surface area contributed by atoms with E-state index in [0.29, 0.717) is 38.9 Å². The third-order valence-corrected chi connectivity index (χ3v) is 4.07. The van der Waals surface area contributed by atoms with E-state index in [9.17, 15) is 14.4 Å². The number of rotatable bonds is 7. The molecule has 2 rings (SSSR count). The molecule has 1 aromatic rings. The molecule has 0 bridgehead atoms. The van der Waals surface area contributed by atoms with Crippen LogP contribution in [0.2, 0.25) is 0 Å². The van der Waals surface area contributed by atoms with Crippen LogP contribution in [0.1, 0.15) is 38.7 Å². The first-order valence-electron chi connectivity index (χ1n) is 8.40. The lowest BCUT2D eigenvalue weighted by atomic mass is 10.2. The largest absolute Gasteiger partial charge is 0.338 e. The highest BCUT2D eigenvalue weighted by molar-refractivity contribution is 6.01. The Labute approximate surface area is 142 Å². The molecule has 1 fully saturated rings.